The molecule has 3 aromatic carbocycles. The Hall–Kier alpha value is -3.86. The van der Waals surface area contributed by atoms with Crippen molar-refractivity contribution in [3.63, 3.8) is 0 Å². The first-order chi connectivity index (χ1) is 16.0. The zero-order valence-corrected chi connectivity index (χ0v) is 19.0. The molecular weight excluding hydrogens is 412 g/mol. The predicted octanol–water partition coefficient (Wildman–Crippen LogP) is 5.01. The van der Waals surface area contributed by atoms with Crippen molar-refractivity contribution >= 4 is 22.8 Å². The molecule has 0 atom stereocenters. The average molecular weight is 441 g/mol. The first-order valence-electron chi connectivity index (χ1n) is 11.1. The number of hydrogen-bond donors (Lipinski definition) is 0. The minimum Gasteiger partial charge on any atom is -0.457 e. The highest BCUT2D eigenvalue weighted by molar-refractivity contribution is 5.95. The fourth-order valence-electron chi connectivity index (χ4n) is 3.71. The number of carbonyl (C=O) groups excluding carboxylic acids is 2. The number of likely N-dealkylation sites (N-methyl/N-ethyl adjacent to an activating group) is 1. The van der Waals surface area contributed by atoms with E-state index in [0.29, 0.717) is 12.1 Å². The van der Waals surface area contributed by atoms with Crippen molar-refractivity contribution in [1.82, 2.24) is 9.47 Å². The molecule has 0 saturated carbocycles. The van der Waals surface area contributed by atoms with Gasteiger partial charge in [0.2, 0.25) is 5.91 Å². The van der Waals surface area contributed by atoms with Gasteiger partial charge in [-0.25, -0.2) is 4.79 Å². The molecule has 1 heterocycles. The zero-order chi connectivity index (χ0) is 23.2. The number of rotatable bonds is 8. The summed E-state index contributed by atoms with van der Waals surface area (Å²) < 4.78 is 7.38. The summed E-state index contributed by atoms with van der Waals surface area (Å²) in [6.45, 7) is 3.18. The fraction of sp³-hybridized carbons (Fsp3) is 0.214. The van der Waals surface area contributed by atoms with Crippen LogP contribution >= 0.6 is 0 Å². The average Bonchev–Trinajstić information content (AvgIpc) is 3.24. The molecule has 5 nitrogen and oxygen atoms in total. The lowest BCUT2D eigenvalue weighted by Gasteiger charge is -2.18. The summed E-state index contributed by atoms with van der Waals surface area (Å²) in [5.41, 5.74) is 4.75. The summed E-state index contributed by atoms with van der Waals surface area (Å²) in [5, 5.41) is 0.902. The standard InChI is InChI=1S/C28H28N2O3/c1-21-8-10-23(11-9-21)20-33-28(32)25-12-13-26-24(18-25)15-17-30(26)19-27(31)29(2)16-14-22-6-4-3-5-7-22/h3-13,15,17-18H,14,16,19-20H2,1-2H3. The van der Waals surface area contributed by atoms with E-state index in [1.54, 1.807) is 11.0 Å². The number of hydrogen-bond acceptors (Lipinski definition) is 3. The molecule has 0 spiro atoms. The second-order valence-electron chi connectivity index (χ2n) is 8.33. The van der Waals surface area contributed by atoms with Gasteiger partial charge in [-0.15, -0.1) is 0 Å². The number of aromatic nitrogens is 1. The maximum absolute atomic E-state index is 12.7. The number of ether oxygens (including phenoxy) is 1. The molecule has 0 radical (unpaired) electrons. The molecule has 0 saturated heterocycles. The van der Waals surface area contributed by atoms with Crippen LogP contribution in [0.2, 0.25) is 0 Å². The minimum atomic E-state index is -0.359. The quantitative estimate of drug-likeness (QED) is 0.362. The normalized spacial score (nSPS) is 10.8. The van der Waals surface area contributed by atoms with Crippen molar-refractivity contribution in [2.45, 2.75) is 26.5 Å². The highest BCUT2D eigenvalue weighted by Gasteiger charge is 2.13. The zero-order valence-electron chi connectivity index (χ0n) is 19.0. The second kappa shape index (κ2) is 10.2. The van der Waals surface area contributed by atoms with Crippen LogP contribution in [-0.2, 0) is 29.1 Å². The van der Waals surface area contributed by atoms with Crippen LogP contribution in [0.5, 0.6) is 0 Å². The Kier molecular flexibility index (Phi) is 6.89. The molecule has 0 aliphatic rings. The summed E-state index contributed by atoms with van der Waals surface area (Å²) >= 11 is 0. The molecule has 1 amide bonds. The van der Waals surface area contributed by atoms with Crippen LogP contribution in [0.25, 0.3) is 10.9 Å². The van der Waals surface area contributed by atoms with E-state index in [1.807, 2.05) is 85.4 Å². The monoisotopic (exact) mass is 440 g/mol. The number of amides is 1. The summed E-state index contributed by atoms with van der Waals surface area (Å²) in [7, 11) is 1.83. The number of esters is 1. The highest BCUT2D eigenvalue weighted by atomic mass is 16.5. The van der Waals surface area contributed by atoms with Crippen molar-refractivity contribution in [3.05, 3.63) is 107 Å². The van der Waals surface area contributed by atoms with E-state index in [4.69, 9.17) is 4.74 Å². The van der Waals surface area contributed by atoms with Gasteiger partial charge < -0.3 is 14.2 Å². The van der Waals surface area contributed by atoms with Crippen molar-refractivity contribution in [3.8, 4) is 0 Å². The van der Waals surface area contributed by atoms with Crippen molar-refractivity contribution in [2.75, 3.05) is 13.6 Å². The molecule has 33 heavy (non-hydrogen) atoms. The van der Waals surface area contributed by atoms with Crippen LogP contribution in [0, 0.1) is 6.92 Å². The third-order valence-corrected chi connectivity index (χ3v) is 5.81. The fourth-order valence-corrected chi connectivity index (χ4v) is 3.71. The molecule has 0 aliphatic carbocycles. The maximum Gasteiger partial charge on any atom is 0.338 e. The van der Waals surface area contributed by atoms with Gasteiger partial charge in [-0.1, -0.05) is 60.2 Å². The molecule has 0 aliphatic heterocycles. The Bertz CT molecular complexity index is 1240. The number of aryl methyl sites for hydroxylation is 1. The number of nitrogens with zero attached hydrogens (tertiary/aromatic N) is 2. The Morgan fingerprint density at radius 3 is 2.42 bits per heavy atom. The second-order valence-corrected chi connectivity index (χ2v) is 8.33. The van der Waals surface area contributed by atoms with E-state index in [0.717, 1.165) is 22.9 Å². The lowest BCUT2D eigenvalue weighted by atomic mass is 10.1. The van der Waals surface area contributed by atoms with Crippen LogP contribution in [-0.4, -0.2) is 34.9 Å². The molecular formula is C28H28N2O3. The minimum absolute atomic E-state index is 0.0463. The smallest absolute Gasteiger partial charge is 0.338 e. The van der Waals surface area contributed by atoms with E-state index >= 15 is 0 Å². The Labute approximate surface area is 194 Å². The van der Waals surface area contributed by atoms with E-state index in [-0.39, 0.29) is 25.0 Å². The highest BCUT2D eigenvalue weighted by Crippen LogP contribution is 2.19. The molecule has 0 N–H and O–H groups in total. The lowest BCUT2D eigenvalue weighted by molar-refractivity contribution is -0.130. The topological polar surface area (TPSA) is 51.5 Å². The molecule has 0 fully saturated rings. The van der Waals surface area contributed by atoms with E-state index in [1.165, 1.54) is 11.1 Å². The maximum atomic E-state index is 12.7. The first kappa shape index (κ1) is 22.3. The van der Waals surface area contributed by atoms with E-state index in [9.17, 15) is 9.59 Å². The van der Waals surface area contributed by atoms with Crippen LogP contribution in [0.15, 0.2) is 85.1 Å². The third kappa shape index (κ3) is 5.69. The van der Waals surface area contributed by atoms with Gasteiger partial charge in [-0.05, 0) is 48.7 Å². The van der Waals surface area contributed by atoms with Gasteiger partial charge in [-0.2, -0.15) is 0 Å². The summed E-state index contributed by atoms with van der Waals surface area (Å²) in [6, 6.07) is 25.4. The van der Waals surface area contributed by atoms with Crippen LogP contribution in [0.3, 0.4) is 0 Å². The first-order valence-corrected chi connectivity index (χ1v) is 11.1. The number of fused-ring (bicyclic) bond motifs is 1. The third-order valence-electron chi connectivity index (χ3n) is 5.81. The van der Waals surface area contributed by atoms with Gasteiger partial charge in [0.05, 0.1) is 5.56 Å². The van der Waals surface area contributed by atoms with Gasteiger partial charge in [0, 0.05) is 30.7 Å². The van der Waals surface area contributed by atoms with Crippen molar-refractivity contribution in [2.24, 2.45) is 0 Å². The molecule has 0 unspecified atom stereocenters. The lowest BCUT2D eigenvalue weighted by Crippen LogP contribution is -2.31. The van der Waals surface area contributed by atoms with Gasteiger partial charge in [0.25, 0.3) is 0 Å². The van der Waals surface area contributed by atoms with E-state index < -0.39 is 0 Å². The number of carbonyl (C=O) groups is 2. The van der Waals surface area contributed by atoms with Crippen molar-refractivity contribution in [1.29, 1.82) is 0 Å². The van der Waals surface area contributed by atoms with Gasteiger partial charge in [0.1, 0.15) is 13.2 Å². The molecule has 4 rings (SSSR count). The molecule has 5 heteroatoms. The Morgan fingerprint density at radius 1 is 0.909 bits per heavy atom. The van der Waals surface area contributed by atoms with Crippen LogP contribution < -0.4 is 0 Å². The Morgan fingerprint density at radius 2 is 1.67 bits per heavy atom. The number of benzene rings is 3. The summed E-state index contributed by atoms with van der Waals surface area (Å²) in [6.07, 6.45) is 2.71. The molecule has 0 bridgehead atoms. The van der Waals surface area contributed by atoms with Crippen LogP contribution in [0.1, 0.15) is 27.0 Å². The van der Waals surface area contributed by atoms with Gasteiger partial charge in [-0.3, -0.25) is 4.79 Å². The van der Waals surface area contributed by atoms with Gasteiger partial charge >= 0.3 is 5.97 Å². The van der Waals surface area contributed by atoms with Crippen LogP contribution in [0.4, 0.5) is 0 Å². The molecule has 1 aromatic heterocycles. The SMILES string of the molecule is Cc1ccc(COC(=O)c2ccc3c(ccn3CC(=O)N(C)CCc3ccccc3)c2)cc1. The summed E-state index contributed by atoms with van der Waals surface area (Å²) in [4.78, 5) is 27.0. The predicted molar refractivity (Wildman–Crippen MR) is 130 cm³/mol. The van der Waals surface area contributed by atoms with E-state index in [2.05, 4.69) is 12.1 Å². The molecule has 168 valence electrons. The summed E-state index contributed by atoms with van der Waals surface area (Å²) in [5.74, 6) is -0.313. The molecule has 4 aromatic rings. The largest absolute Gasteiger partial charge is 0.457 e. The van der Waals surface area contributed by atoms with Gasteiger partial charge in [0.15, 0.2) is 0 Å². The van der Waals surface area contributed by atoms with Crippen molar-refractivity contribution < 1.29 is 14.3 Å². The Balaban J connectivity index is 1.36.